The highest BCUT2D eigenvalue weighted by Gasteiger charge is 2.12. The zero-order chi connectivity index (χ0) is 9.97. The van der Waals surface area contributed by atoms with E-state index in [0.717, 1.165) is 24.3 Å². The predicted octanol–water partition coefficient (Wildman–Crippen LogP) is 2.93. The van der Waals surface area contributed by atoms with E-state index in [9.17, 15) is 0 Å². The summed E-state index contributed by atoms with van der Waals surface area (Å²) in [6.45, 7) is 0. The molecule has 1 aliphatic carbocycles. The molecule has 14 heavy (non-hydrogen) atoms. The van der Waals surface area contributed by atoms with Crippen LogP contribution < -0.4 is 5.73 Å². The lowest BCUT2D eigenvalue weighted by atomic mass is 10.1. The molecule has 1 atom stereocenters. The molecule has 1 aromatic rings. The number of nitrogens with two attached hydrogens (primary N) is 1. The van der Waals surface area contributed by atoms with Crippen molar-refractivity contribution in [3.05, 3.63) is 46.5 Å². The minimum Gasteiger partial charge on any atom is -0.324 e. The third-order valence-electron chi connectivity index (χ3n) is 2.62. The summed E-state index contributed by atoms with van der Waals surface area (Å²) in [5.74, 6) is 0. The van der Waals surface area contributed by atoms with Crippen LogP contribution in [0.3, 0.4) is 0 Å². The SMILES string of the molecule is NC1C=C(Cc2ccccc2Cl)CC1. The average molecular weight is 208 g/mol. The Kier molecular flexibility index (Phi) is 2.90. The molecule has 0 aliphatic heterocycles. The van der Waals surface area contributed by atoms with Gasteiger partial charge in [0.2, 0.25) is 0 Å². The van der Waals surface area contributed by atoms with E-state index >= 15 is 0 Å². The molecule has 0 spiro atoms. The Bertz CT molecular complexity index is 357. The fraction of sp³-hybridized carbons (Fsp3) is 0.333. The van der Waals surface area contributed by atoms with Crippen LogP contribution in [0.2, 0.25) is 5.02 Å². The van der Waals surface area contributed by atoms with Crippen LogP contribution in [-0.2, 0) is 6.42 Å². The van der Waals surface area contributed by atoms with Gasteiger partial charge < -0.3 is 5.73 Å². The van der Waals surface area contributed by atoms with Crippen molar-refractivity contribution in [3.63, 3.8) is 0 Å². The van der Waals surface area contributed by atoms with Crippen LogP contribution >= 0.6 is 11.6 Å². The summed E-state index contributed by atoms with van der Waals surface area (Å²) >= 11 is 6.08. The number of halogens is 1. The van der Waals surface area contributed by atoms with E-state index in [0.29, 0.717) is 0 Å². The Labute approximate surface area is 89.6 Å². The van der Waals surface area contributed by atoms with E-state index in [1.807, 2.05) is 18.2 Å². The molecular weight excluding hydrogens is 194 g/mol. The first-order chi connectivity index (χ1) is 6.75. The van der Waals surface area contributed by atoms with E-state index in [2.05, 4.69) is 12.1 Å². The molecule has 2 rings (SSSR count). The molecule has 1 aromatic carbocycles. The van der Waals surface area contributed by atoms with Crippen molar-refractivity contribution < 1.29 is 0 Å². The van der Waals surface area contributed by atoms with Crippen molar-refractivity contribution in [1.82, 2.24) is 0 Å². The Morgan fingerprint density at radius 2 is 2.14 bits per heavy atom. The van der Waals surface area contributed by atoms with Crippen molar-refractivity contribution in [2.24, 2.45) is 5.73 Å². The van der Waals surface area contributed by atoms with Gasteiger partial charge in [-0.15, -0.1) is 0 Å². The quantitative estimate of drug-likeness (QED) is 0.742. The van der Waals surface area contributed by atoms with Crippen LogP contribution in [0.25, 0.3) is 0 Å². The van der Waals surface area contributed by atoms with Gasteiger partial charge in [0, 0.05) is 11.1 Å². The Balaban J connectivity index is 2.12. The summed E-state index contributed by atoms with van der Waals surface area (Å²) in [4.78, 5) is 0. The van der Waals surface area contributed by atoms with Crippen LogP contribution in [0.4, 0.5) is 0 Å². The highest BCUT2D eigenvalue weighted by atomic mass is 35.5. The first-order valence-electron chi connectivity index (χ1n) is 4.94. The van der Waals surface area contributed by atoms with Gasteiger partial charge in [0.15, 0.2) is 0 Å². The molecule has 1 unspecified atom stereocenters. The first kappa shape index (κ1) is 9.75. The predicted molar refractivity (Wildman–Crippen MR) is 60.4 cm³/mol. The van der Waals surface area contributed by atoms with Gasteiger partial charge in [-0.25, -0.2) is 0 Å². The zero-order valence-corrected chi connectivity index (χ0v) is 8.80. The Morgan fingerprint density at radius 1 is 1.36 bits per heavy atom. The molecule has 1 aliphatic rings. The summed E-state index contributed by atoms with van der Waals surface area (Å²) in [5.41, 5.74) is 8.43. The van der Waals surface area contributed by atoms with Crippen LogP contribution in [0.15, 0.2) is 35.9 Å². The van der Waals surface area contributed by atoms with Crippen molar-refractivity contribution >= 4 is 11.6 Å². The maximum absolute atomic E-state index is 6.08. The van der Waals surface area contributed by atoms with Gasteiger partial charge >= 0.3 is 0 Å². The van der Waals surface area contributed by atoms with Gasteiger partial charge in [0.1, 0.15) is 0 Å². The minimum atomic E-state index is 0.257. The Hall–Kier alpha value is -0.790. The average Bonchev–Trinajstić information content (AvgIpc) is 2.56. The van der Waals surface area contributed by atoms with E-state index in [-0.39, 0.29) is 6.04 Å². The lowest BCUT2D eigenvalue weighted by Crippen LogP contribution is -2.11. The minimum absolute atomic E-state index is 0.257. The molecule has 2 heteroatoms. The highest BCUT2D eigenvalue weighted by molar-refractivity contribution is 6.31. The largest absolute Gasteiger partial charge is 0.324 e. The molecule has 0 fully saturated rings. The molecule has 0 bridgehead atoms. The van der Waals surface area contributed by atoms with Crippen LogP contribution in [0.5, 0.6) is 0 Å². The normalized spacial score (nSPS) is 21.0. The monoisotopic (exact) mass is 207 g/mol. The second-order valence-corrected chi connectivity index (χ2v) is 4.20. The third kappa shape index (κ3) is 2.17. The number of benzene rings is 1. The Morgan fingerprint density at radius 3 is 2.79 bits per heavy atom. The molecule has 0 saturated heterocycles. The molecule has 0 radical (unpaired) electrons. The van der Waals surface area contributed by atoms with Crippen molar-refractivity contribution in [2.45, 2.75) is 25.3 Å². The molecule has 0 heterocycles. The van der Waals surface area contributed by atoms with Gasteiger partial charge in [-0.05, 0) is 30.9 Å². The summed E-state index contributed by atoms with van der Waals surface area (Å²) in [6.07, 6.45) is 5.32. The molecule has 0 aromatic heterocycles. The molecule has 74 valence electrons. The molecule has 2 N–H and O–H groups in total. The smallest absolute Gasteiger partial charge is 0.0441 e. The summed E-state index contributed by atoms with van der Waals surface area (Å²) in [5, 5.41) is 0.855. The first-order valence-corrected chi connectivity index (χ1v) is 5.32. The maximum atomic E-state index is 6.08. The maximum Gasteiger partial charge on any atom is 0.0441 e. The van der Waals surface area contributed by atoms with Crippen LogP contribution in [-0.4, -0.2) is 6.04 Å². The zero-order valence-electron chi connectivity index (χ0n) is 8.04. The summed E-state index contributed by atoms with van der Waals surface area (Å²) < 4.78 is 0. The fourth-order valence-corrected chi connectivity index (χ4v) is 2.06. The third-order valence-corrected chi connectivity index (χ3v) is 2.99. The lowest BCUT2D eigenvalue weighted by Gasteiger charge is -2.03. The van der Waals surface area contributed by atoms with E-state index in [1.165, 1.54) is 11.1 Å². The number of rotatable bonds is 2. The van der Waals surface area contributed by atoms with Crippen LogP contribution in [0.1, 0.15) is 18.4 Å². The van der Waals surface area contributed by atoms with Crippen molar-refractivity contribution in [1.29, 1.82) is 0 Å². The van der Waals surface area contributed by atoms with Gasteiger partial charge in [0.05, 0.1) is 0 Å². The molecule has 1 nitrogen and oxygen atoms in total. The number of hydrogen-bond donors (Lipinski definition) is 1. The second-order valence-electron chi connectivity index (χ2n) is 3.80. The van der Waals surface area contributed by atoms with Gasteiger partial charge in [0.25, 0.3) is 0 Å². The number of allylic oxidation sites excluding steroid dienone is 1. The molecule has 0 saturated carbocycles. The highest BCUT2D eigenvalue weighted by Crippen LogP contribution is 2.24. The summed E-state index contributed by atoms with van der Waals surface area (Å²) in [6, 6.07) is 8.25. The second kappa shape index (κ2) is 4.16. The van der Waals surface area contributed by atoms with Crippen LogP contribution in [0, 0.1) is 0 Å². The van der Waals surface area contributed by atoms with E-state index in [1.54, 1.807) is 0 Å². The number of hydrogen-bond acceptors (Lipinski definition) is 1. The lowest BCUT2D eigenvalue weighted by molar-refractivity contribution is 0.770. The topological polar surface area (TPSA) is 26.0 Å². The van der Waals surface area contributed by atoms with Gasteiger partial charge in [-0.3, -0.25) is 0 Å². The standard InChI is InChI=1S/C12H14ClN/c13-12-4-2-1-3-10(12)7-9-5-6-11(14)8-9/h1-4,8,11H,5-7,14H2. The van der Waals surface area contributed by atoms with Crippen molar-refractivity contribution in [2.75, 3.05) is 0 Å². The van der Waals surface area contributed by atoms with E-state index in [4.69, 9.17) is 17.3 Å². The van der Waals surface area contributed by atoms with Gasteiger partial charge in [-0.2, -0.15) is 0 Å². The molecular formula is C12H14ClN. The fourth-order valence-electron chi connectivity index (χ4n) is 1.86. The summed E-state index contributed by atoms with van der Waals surface area (Å²) in [7, 11) is 0. The van der Waals surface area contributed by atoms with Gasteiger partial charge in [-0.1, -0.05) is 41.4 Å². The molecule has 0 amide bonds. The van der Waals surface area contributed by atoms with E-state index < -0.39 is 0 Å². The van der Waals surface area contributed by atoms with Crippen molar-refractivity contribution in [3.8, 4) is 0 Å².